The molecule has 0 amide bonds. The maximum atomic E-state index is 5.98. The fourth-order valence-corrected chi connectivity index (χ4v) is 1.80. The Bertz CT molecular complexity index is 174. The molecule has 0 saturated heterocycles. The summed E-state index contributed by atoms with van der Waals surface area (Å²) in [5, 5.41) is 0. The molecule has 1 rings (SSSR count). The molecular formula is C9H18N2. The molecule has 2 heteroatoms. The molecule has 0 unspecified atom stereocenters. The van der Waals surface area contributed by atoms with E-state index in [2.05, 4.69) is 32.5 Å². The molecule has 2 nitrogen and oxygen atoms in total. The zero-order valence-electron chi connectivity index (χ0n) is 7.72. The summed E-state index contributed by atoms with van der Waals surface area (Å²) in [6.45, 7) is 10.1. The molecule has 1 saturated carbocycles. The van der Waals surface area contributed by atoms with Crippen LogP contribution in [-0.2, 0) is 0 Å². The van der Waals surface area contributed by atoms with Crippen LogP contribution in [0.4, 0.5) is 0 Å². The summed E-state index contributed by atoms with van der Waals surface area (Å²) in [5.74, 6) is 0. The van der Waals surface area contributed by atoms with E-state index in [1.165, 1.54) is 0 Å². The fourth-order valence-electron chi connectivity index (χ4n) is 1.80. The molecule has 0 aliphatic heterocycles. The molecular weight excluding hydrogens is 136 g/mol. The number of aliphatic imine (C=N–C) groups is 1. The van der Waals surface area contributed by atoms with Gasteiger partial charge in [0.1, 0.15) is 0 Å². The molecule has 2 atom stereocenters. The number of rotatable bonds is 1. The van der Waals surface area contributed by atoms with E-state index in [1.54, 1.807) is 0 Å². The van der Waals surface area contributed by atoms with E-state index in [-0.39, 0.29) is 17.0 Å². The predicted octanol–water partition coefficient (Wildman–Crippen LogP) is 1.59. The maximum absolute atomic E-state index is 5.98. The van der Waals surface area contributed by atoms with E-state index in [4.69, 9.17) is 5.73 Å². The van der Waals surface area contributed by atoms with Crippen LogP contribution in [0, 0.1) is 5.41 Å². The summed E-state index contributed by atoms with van der Waals surface area (Å²) >= 11 is 0. The first kappa shape index (κ1) is 8.72. The lowest BCUT2D eigenvalue weighted by Crippen LogP contribution is -2.44. The molecule has 0 bridgehead atoms. The summed E-state index contributed by atoms with van der Waals surface area (Å²) in [5.41, 5.74) is 6.07. The van der Waals surface area contributed by atoms with Gasteiger partial charge in [-0.3, -0.25) is 4.99 Å². The van der Waals surface area contributed by atoms with Gasteiger partial charge < -0.3 is 5.73 Å². The molecule has 11 heavy (non-hydrogen) atoms. The van der Waals surface area contributed by atoms with Crippen molar-refractivity contribution in [2.45, 2.75) is 45.2 Å². The Hall–Kier alpha value is -0.370. The Balaban J connectivity index is 2.94. The summed E-state index contributed by atoms with van der Waals surface area (Å²) in [6.07, 6.45) is 2.15. The molecule has 0 aromatic rings. The van der Waals surface area contributed by atoms with E-state index < -0.39 is 0 Å². The van der Waals surface area contributed by atoms with E-state index in [1.807, 2.05) is 0 Å². The Morgan fingerprint density at radius 2 is 2.00 bits per heavy atom. The van der Waals surface area contributed by atoms with Gasteiger partial charge >= 0.3 is 0 Å². The molecule has 0 heterocycles. The highest BCUT2D eigenvalue weighted by molar-refractivity contribution is 5.28. The third-order valence-corrected chi connectivity index (χ3v) is 3.61. The zero-order chi connectivity index (χ0) is 8.70. The Morgan fingerprint density at radius 3 is 2.18 bits per heavy atom. The Kier molecular flexibility index (Phi) is 1.83. The number of nitrogens with zero attached hydrogens (tertiary/aromatic N) is 1. The summed E-state index contributed by atoms with van der Waals surface area (Å²) in [6, 6.07) is 0.276. The maximum Gasteiger partial charge on any atom is 0.0639 e. The van der Waals surface area contributed by atoms with Crippen molar-refractivity contribution in [2.75, 3.05) is 0 Å². The molecule has 1 fully saturated rings. The van der Waals surface area contributed by atoms with Crippen molar-refractivity contribution < 1.29 is 0 Å². The van der Waals surface area contributed by atoms with Gasteiger partial charge in [-0.15, -0.1) is 0 Å². The second kappa shape index (κ2) is 2.31. The third kappa shape index (κ3) is 1.00. The topological polar surface area (TPSA) is 38.4 Å². The van der Waals surface area contributed by atoms with Crippen molar-refractivity contribution in [1.82, 2.24) is 0 Å². The van der Waals surface area contributed by atoms with Gasteiger partial charge in [0.05, 0.1) is 5.54 Å². The molecule has 1 aliphatic carbocycles. The van der Waals surface area contributed by atoms with Gasteiger partial charge in [0, 0.05) is 11.5 Å². The van der Waals surface area contributed by atoms with E-state index in [9.17, 15) is 0 Å². The van der Waals surface area contributed by atoms with Crippen LogP contribution in [0.2, 0.25) is 0 Å². The molecule has 0 spiro atoms. The minimum absolute atomic E-state index is 0.00752. The van der Waals surface area contributed by atoms with Gasteiger partial charge in [-0.05, 0) is 26.5 Å². The van der Waals surface area contributed by atoms with Crippen LogP contribution in [0.5, 0.6) is 0 Å². The summed E-state index contributed by atoms with van der Waals surface area (Å²) in [4.78, 5) is 4.19. The standard InChI is InChI=1S/C9H18N2/c1-8(2)7(10)5-6-9(8,3)11-4/h7H,4-6,10H2,1-3H3/t7-,9+/m1/s1. The number of nitrogens with two attached hydrogens (primary N) is 1. The van der Waals surface area contributed by atoms with Gasteiger partial charge in [-0.1, -0.05) is 13.8 Å². The first-order chi connectivity index (χ1) is 4.94. The number of hydrogen-bond acceptors (Lipinski definition) is 2. The molecule has 0 radical (unpaired) electrons. The van der Waals surface area contributed by atoms with Crippen LogP contribution in [-0.4, -0.2) is 18.3 Å². The van der Waals surface area contributed by atoms with Crippen molar-refractivity contribution in [2.24, 2.45) is 16.1 Å². The smallest absolute Gasteiger partial charge is 0.0639 e. The highest BCUT2D eigenvalue weighted by atomic mass is 14.9. The predicted molar refractivity (Wildman–Crippen MR) is 48.9 cm³/mol. The van der Waals surface area contributed by atoms with Crippen LogP contribution in [0.25, 0.3) is 0 Å². The van der Waals surface area contributed by atoms with Crippen LogP contribution < -0.4 is 5.73 Å². The molecule has 64 valence electrons. The lowest BCUT2D eigenvalue weighted by Gasteiger charge is -2.37. The van der Waals surface area contributed by atoms with Crippen LogP contribution in [0.15, 0.2) is 4.99 Å². The number of hydrogen-bond donors (Lipinski definition) is 1. The van der Waals surface area contributed by atoms with Gasteiger partial charge in [0.2, 0.25) is 0 Å². The van der Waals surface area contributed by atoms with Crippen molar-refractivity contribution in [3.63, 3.8) is 0 Å². The van der Waals surface area contributed by atoms with Crippen LogP contribution >= 0.6 is 0 Å². The summed E-state index contributed by atoms with van der Waals surface area (Å²) < 4.78 is 0. The first-order valence-corrected chi connectivity index (χ1v) is 4.17. The average molecular weight is 154 g/mol. The van der Waals surface area contributed by atoms with Crippen molar-refractivity contribution in [1.29, 1.82) is 0 Å². The minimum Gasteiger partial charge on any atom is -0.327 e. The zero-order valence-corrected chi connectivity index (χ0v) is 7.72. The highest BCUT2D eigenvalue weighted by Crippen LogP contribution is 2.47. The normalized spacial score (nSPS) is 42.4. The highest BCUT2D eigenvalue weighted by Gasteiger charge is 2.49. The molecule has 0 aromatic carbocycles. The van der Waals surface area contributed by atoms with E-state index >= 15 is 0 Å². The molecule has 0 aromatic heterocycles. The fraction of sp³-hybridized carbons (Fsp3) is 0.889. The third-order valence-electron chi connectivity index (χ3n) is 3.61. The Labute approximate surface area is 68.9 Å². The quantitative estimate of drug-likeness (QED) is 0.572. The average Bonchev–Trinajstić information content (AvgIpc) is 2.15. The van der Waals surface area contributed by atoms with Gasteiger partial charge in [-0.25, -0.2) is 0 Å². The second-order valence-corrected chi connectivity index (χ2v) is 4.30. The lowest BCUT2D eigenvalue weighted by molar-refractivity contribution is 0.210. The molecule has 2 N–H and O–H groups in total. The van der Waals surface area contributed by atoms with Gasteiger partial charge in [0.25, 0.3) is 0 Å². The largest absolute Gasteiger partial charge is 0.327 e. The first-order valence-electron chi connectivity index (χ1n) is 4.17. The van der Waals surface area contributed by atoms with Crippen LogP contribution in [0.3, 0.4) is 0 Å². The van der Waals surface area contributed by atoms with Crippen molar-refractivity contribution in [3.05, 3.63) is 0 Å². The van der Waals surface area contributed by atoms with Crippen molar-refractivity contribution in [3.8, 4) is 0 Å². The van der Waals surface area contributed by atoms with E-state index in [0.29, 0.717) is 0 Å². The van der Waals surface area contributed by atoms with E-state index in [0.717, 1.165) is 12.8 Å². The molecule has 1 aliphatic rings. The lowest BCUT2D eigenvalue weighted by atomic mass is 9.75. The second-order valence-electron chi connectivity index (χ2n) is 4.30. The monoisotopic (exact) mass is 154 g/mol. The van der Waals surface area contributed by atoms with Gasteiger partial charge in [0.15, 0.2) is 0 Å². The van der Waals surface area contributed by atoms with Crippen LogP contribution in [0.1, 0.15) is 33.6 Å². The minimum atomic E-state index is -0.00752. The summed E-state index contributed by atoms with van der Waals surface area (Å²) in [7, 11) is 0. The SMILES string of the molecule is C=N[C@@]1(C)CC[C@@H](N)C1(C)C. The Morgan fingerprint density at radius 1 is 1.45 bits per heavy atom. The van der Waals surface area contributed by atoms with Gasteiger partial charge in [-0.2, -0.15) is 0 Å². The van der Waals surface area contributed by atoms with Crippen molar-refractivity contribution >= 4 is 6.72 Å².